The molecule has 1 atom stereocenters. The van der Waals surface area contributed by atoms with Crippen LogP contribution in [0.25, 0.3) is 0 Å². The van der Waals surface area contributed by atoms with Gasteiger partial charge in [0.1, 0.15) is 5.75 Å². The number of carbonyl (C=O) groups excluding carboxylic acids is 1. The number of nitriles is 1. The number of amides is 1. The third-order valence-electron chi connectivity index (χ3n) is 3.40. The Labute approximate surface area is 126 Å². The molecule has 0 fully saturated rings. The van der Waals surface area contributed by atoms with E-state index in [1.54, 1.807) is 11.8 Å². The molecule has 1 unspecified atom stereocenters. The van der Waals surface area contributed by atoms with E-state index in [-0.39, 0.29) is 23.3 Å². The number of anilines is 1. The van der Waals surface area contributed by atoms with E-state index in [0.717, 1.165) is 10.5 Å². The van der Waals surface area contributed by atoms with Crippen molar-refractivity contribution in [3.63, 3.8) is 0 Å². The number of thioether (sulfide) groups is 1. The fraction of sp³-hybridized carbons (Fsp3) is 0.125. The van der Waals surface area contributed by atoms with Crippen LogP contribution in [0.5, 0.6) is 5.75 Å². The lowest BCUT2D eigenvalue weighted by molar-refractivity contribution is -0.117. The van der Waals surface area contributed by atoms with E-state index in [0.29, 0.717) is 11.3 Å². The van der Waals surface area contributed by atoms with E-state index >= 15 is 0 Å². The Hall–Kier alpha value is -2.45. The largest absolute Gasteiger partial charge is 0.506 e. The molecule has 1 aliphatic heterocycles. The minimum atomic E-state index is -0.239. The van der Waals surface area contributed by atoms with Crippen molar-refractivity contribution in [1.82, 2.24) is 0 Å². The van der Waals surface area contributed by atoms with Gasteiger partial charge in [0.2, 0.25) is 5.91 Å². The number of phenols is 1. The number of aromatic hydroxyl groups is 1. The van der Waals surface area contributed by atoms with Crippen LogP contribution in [0.3, 0.4) is 0 Å². The summed E-state index contributed by atoms with van der Waals surface area (Å²) in [5.74, 6) is 0.236. The zero-order valence-corrected chi connectivity index (χ0v) is 11.9. The summed E-state index contributed by atoms with van der Waals surface area (Å²) >= 11 is 1.65. The van der Waals surface area contributed by atoms with E-state index < -0.39 is 0 Å². The van der Waals surface area contributed by atoms with Crippen LogP contribution in [0, 0.1) is 11.3 Å². The van der Waals surface area contributed by atoms with Gasteiger partial charge in [-0.1, -0.05) is 18.2 Å². The number of carbonyl (C=O) groups is 1. The normalized spacial score (nSPS) is 16.0. The number of hydrogen-bond acceptors (Lipinski definition) is 4. The number of hydrogen-bond donors (Lipinski definition) is 2. The molecule has 1 aliphatic rings. The molecule has 1 amide bonds. The van der Waals surface area contributed by atoms with Crippen molar-refractivity contribution in [1.29, 1.82) is 5.26 Å². The van der Waals surface area contributed by atoms with Crippen molar-refractivity contribution in [2.75, 3.05) is 11.1 Å². The number of rotatable bonds is 2. The van der Waals surface area contributed by atoms with Crippen molar-refractivity contribution in [2.45, 2.75) is 10.8 Å². The molecule has 5 heteroatoms. The van der Waals surface area contributed by atoms with Gasteiger partial charge in [-0.2, -0.15) is 5.26 Å². The van der Waals surface area contributed by atoms with E-state index in [1.807, 2.05) is 30.3 Å². The number of fused-ring (bicyclic) bond motifs is 1. The molecule has 1 heterocycles. The summed E-state index contributed by atoms with van der Waals surface area (Å²) in [7, 11) is 0. The molecule has 0 spiro atoms. The third-order valence-corrected chi connectivity index (χ3v) is 4.58. The van der Waals surface area contributed by atoms with Crippen LogP contribution in [-0.4, -0.2) is 16.8 Å². The third kappa shape index (κ3) is 2.58. The molecule has 2 N–H and O–H groups in total. The molecule has 2 aromatic rings. The van der Waals surface area contributed by atoms with Crippen molar-refractivity contribution < 1.29 is 9.90 Å². The monoisotopic (exact) mass is 296 g/mol. The first kappa shape index (κ1) is 13.5. The fourth-order valence-corrected chi connectivity index (χ4v) is 3.53. The fourth-order valence-electron chi connectivity index (χ4n) is 2.31. The van der Waals surface area contributed by atoms with E-state index in [4.69, 9.17) is 5.26 Å². The molecule has 0 saturated carbocycles. The molecule has 0 aliphatic carbocycles. The molecule has 21 heavy (non-hydrogen) atoms. The van der Waals surface area contributed by atoms with Crippen LogP contribution in [0.4, 0.5) is 5.69 Å². The van der Waals surface area contributed by atoms with Crippen molar-refractivity contribution in [3.05, 3.63) is 53.6 Å². The Bertz CT molecular complexity index is 752. The lowest BCUT2D eigenvalue weighted by Crippen LogP contribution is -2.21. The summed E-state index contributed by atoms with van der Waals surface area (Å²) in [6.45, 7) is 0. The van der Waals surface area contributed by atoms with Crippen molar-refractivity contribution in [2.24, 2.45) is 0 Å². The van der Waals surface area contributed by atoms with E-state index in [9.17, 15) is 9.90 Å². The molecule has 104 valence electrons. The van der Waals surface area contributed by atoms with E-state index in [2.05, 4.69) is 5.32 Å². The van der Waals surface area contributed by atoms with Gasteiger partial charge in [0.25, 0.3) is 0 Å². The van der Waals surface area contributed by atoms with Gasteiger partial charge in [-0.05, 0) is 29.8 Å². The quantitative estimate of drug-likeness (QED) is 0.835. The first-order chi connectivity index (χ1) is 10.2. The minimum Gasteiger partial charge on any atom is -0.506 e. The Balaban J connectivity index is 1.84. The van der Waals surface area contributed by atoms with Gasteiger partial charge in [-0.25, -0.2) is 0 Å². The predicted octanol–water partition coefficient (Wildman–Crippen LogP) is 3.09. The van der Waals surface area contributed by atoms with Crippen LogP contribution >= 0.6 is 11.8 Å². The van der Waals surface area contributed by atoms with Crippen molar-refractivity contribution in [3.8, 4) is 11.8 Å². The number of nitrogens with one attached hydrogen (secondary N) is 1. The summed E-state index contributed by atoms with van der Waals surface area (Å²) in [6, 6.07) is 14.2. The Morgan fingerprint density at radius 1 is 1.33 bits per heavy atom. The molecular formula is C16H12N2O2S. The van der Waals surface area contributed by atoms with Gasteiger partial charge in [0, 0.05) is 10.6 Å². The SMILES string of the molecule is N#Cc1ccc(O)c(NC(=O)C2CSc3ccccc32)c1. The van der Waals surface area contributed by atoms with Gasteiger partial charge < -0.3 is 10.4 Å². The van der Waals surface area contributed by atoms with Gasteiger partial charge in [-0.15, -0.1) is 11.8 Å². The molecule has 4 nitrogen and oxygen atoms in total. The Morgan fingerprint density at radius 3 is 2.95 bits per heavy atom. The zero-order chi connectivity index (χ0) is 14.8. The number of benzene rings is 2. The first-order valence-corrected chi connectivity index (χ1v) is 7.43. The average Bonchev–Trinajstić information content (AvgIpc) is 2.93. The van der Waals surface area contributed by atoms with Crippen LogP contribution in [-0.2, 0) is 4.79 Å². The maximum atomic E-state index is 12.4. The van der Waals surface area contributed by atoms with Gasteiger partial charge >= 0.3 is 0 Å². The Kier molecular flexibility index (Phi) is 3.55. The van der Waals surface area contributed by atoms with Crippen LogP contribution in [0.1, 0.15) is 17.0 Å². The molecule has 0 aromatic heterocycles. The molecule has 3 rings (SSSR count). The second-order valence-corrected chi connectivity index (χ2v) is 5.80. The molecule has 2 aromatic carbocycles. The van der Waals surface area contributed by atoms with E-state index in [1.165, 1.54) is 18.2 Å². The summed E-state index contributed by atoms with van der Waals surface area (Å²) < 4.78 is 0. The predicted molar refractivity (Wildman–Crippen MR) is 81.4 cm³/mol. The number of nitrogens with zero attached hydrogens (tertiary/aromatic N) is 1. The van der Waals surface area contributed by atoms with Gasteiger partial charge in [0.15, 0.2) is 0 Å². The highest BCUT2D eigenvalue weighted by Crippen LogP contribution is 2.40. The molecule has 0 bridgehead atoms. The highest BCUT2D eigenvalue weighted by molar-refractivity contribution is 7.99. The summed E-state index contributed by atoms with van der Waals surface area (Å²) in [4.78, 5) is 13.5. The van der Waals surface area contributed by atoms with Crippen LogP contribution in [0.15, 0.2) is 47.4 Å². The lowest BCUT2D eigenvalue weighted by atomic mass is 10.0. The van der Waals surface area contributed by atoms with Gasteiger partial charge in [0.05, 0.1) is 23.2 Å². The topological polar surface area (TPSA) is 73.1 Å². The summed E-state index contributed by atoms with van der Waals surface area (Å²) in [6.07, 6.45) is 0. The Morgan fingerprint density at radius 2 is 2.14 bits per heavy atom. The minimum absolute atomic E-state index is 0.0405. The zero-order valence-electron chi connectivity index (χ0n) is 11.0. The second-order valence-electron chi connectivity index (χ2n) is 4.73. The first-order valence-electron chi connectivity index (χ1n) is 6.45. The van der Waals surface area contributed by atoms with Gasteiger partial charge in [-0.3, -0.25) is 4.79 Å². The second kappa shape index (κ2) is 5.51. The van der Waals surface area contributed by atoms with Crippen molar-refractivity contribution >= 4 is 23.4 Å². The maximum absolute atomic E-state index is 12.4. The van der Waals surface area contributed by atoms with Crippen LogP contribution < -0.4 is 5.32 Å². The molecule has 0 saturated heterocycles. The maximum Gasteiger partial charge on any atom is 0.232 e. The highest BCUT2D eigenvalue weighted by Gasteiger charge is 2.29. The standard InChI is InChI=1S/C16H12N2O2S/c17-8-10-5-6-14(19)13(7-10)18-16(20)12-9-21-15-4-2-1-3-11(12)15/h1-7,12,19H,9H2,(H,18,20). The number of phenolic OH excluding ortho intramolecular Hbond substituents is 1. The smallest absolute Gasteiger partial charge is 0.232 e. The molecule has 0 radical (unpaired) electrons. The van der Waals surface area contributed by atoms with Crippen LogP contribution in [0.2, 0.25) is 0 Å². The highest BCUT2D eigenvalue weighted by atomic mass is 32.2. The summed E-state index contributed by atoms with van der Waals surface area (Å²) in [5.41, 5.74) is 1.67. The lowest BCUT2D eigenvalue weighted by Gasteiger charge is -2.12. The molecular weight excluding hydrogens is 284 g/mol. The summed E-state index contributed by atoms with van der Waals surface area (Å²) in [5, 5.41) is 21.4. The average molecular weight is 296 g/mol.